The summed E-state index contributed by atoms with van der Waals surface area (Å²) >= 11 is 0. The summed E-state index contributed by atoms with van der Waals surface area (Å²) in [4.78, 5) is 24.7. The van der Waals surface area contributed by atoms with Crippen LogP contribution in [0, 0.1) is 5.92 Å². The topological polar surface area (TPSA) is 49.4 Å². The van der Waals surface area contributed by atoms with E-state index in [1.807, 2.05) is 0 Å². The number of rotatable bonds is 3. The van der Waals surface area contributed by atoms with Gasteiger partial charge in [0.05, 0.1) is 12.6 Å². The Morgan fingerprint density at radius 2 is 2.27 bits per heavy atom. The highest BCUT2D eigenvalue weighted by atomic mass is 16.2. The second-order valence-electron chi connectivity index (χ2n) is 4.43. The van der Waals surface area contributed by atoms with Gasteiger partial charge in [-0.25, -0.2) is 0 Å². The van der Waals surface area contributed by atoms with Crippen LogP contribution >= 0.6 is 0 Å². The molecule has 1 fully saturated rings. The smallest absolute Gasteiger partial charge is 0.240 e. The van der Waals surface area contributed by atoms with E-state index in [2.05, 4.69) is 12.2 Å². The monoisotopic (exact) mass is 212 g/mol. The lowest BCUT2D eigenvalue weighted by Gasteiger charge is -2.22. The molecule has 1 aliphatic heterocycles. The third-order valence-corrected chi connectivity index (χ3v) is 2.90. The van der Waals surface area contributed by atoms with Crippen LogP contribution in [0.2, 0.25) is 0 Å². The number of hydrogen-bond acceptors (Lipinski definition) is 3. The second kappa shape index (κ2) is 5.26. The molecule has 0 saturated carbocycles. The molecule has 0 aliphatic carbocycles. The summed E-state index contributed by atoms with van der Waals surface area (Å²) in [6, 6.07) is -0.123. The highest BCUT2D eigenvalue weighted by Crippen LogP contribution is 2.17. The third-order valence-electron chi connectivity index (χ3n) is 2.90. The number of ketones is 1. The van der Waals surface area contributed by atoms with Gasteiger partial charge in [-0.1, -0.05) is 6.92 Å². The molecular formula is C11H20N2O2. The Hall–Kier alpha value is -0.900. The van der Waals surface area contributed by atoms with Gasteiger partial charge in [0.15, 0.2) is 0 Å². The van der Waals surface area contributed by atoms with Crippen LogP contribution in [0.5, 0.6) is 0 Å². The SMILES string of the molecule is CNC1CC(C)CCN(CC(C)=O)C1=O. The molecule has 0 aromatic heterocycles. The molecule has 1 N–H and O–H groups in total. The van der Waals surface area contributed by atoms with E-state index >= 15 is 0 Å². The summed E-state index contributed by atoms with van der Waals surface area (Å²) in [5, 5.41) is 3.02. The van der Waals surface area contributed by atoms with Crippen molar-refractivity contribution in [3.8, 4) is 0 Å². The average molecular weight is 212 g/mol. The Labute approximate surface area is 91.0 Å². The van der Waals surface area contributed by atoms with Gasteiger partial charge in [0.25, 0.3) is 0 Å². The van der Waals surface area contributed by atoms with Crippen molar-refractivity contribution in [2.24, 2.45) is 5.92 Å². The van der Waals surface area contributed by atoms with Gasteiger partial charge >= 0.3 is 0 Å². The third kappa shape index (κ3) is 3.30. The lowest BCUT2D eigenvalue weighted by atomic mass is 10.0. The minimum atomic E-state index is -0.123. The fourth-order valence-corrected chi connectivity index (χ4v) is 1.99. The maximum absolute atomic E-state index is 12.0. The molecule has 2 atom stereocenters. The summed E-state index contributed by atoms with van der Waals surface area (Å²) in [5.74, 6) is 0.646. The standard InChI is InChI=1S/C11H20N2O2/c1-8-4-5-13(7-9(2)14)11(15)10(6-8)12-3/h8,10,12H,4-7H2,1-3H3. The lowest BCUT2D eigenvalue weighted by molar-refractivity contribution is -0.136. The fraction of sp³-hybridized carbons (Fsp3) is 0.818. The number of hydrogen-bond donors (Lipinski definition) is 1. The van der Waals surface area contributed by atoms with Crippen molar-refractivity contribution in [1.82, 2.24) is 10.2 Å². The Kier molecular flexibility index (Phi) is 4.27. The first kappa shape index (κ1) is 12.2. The van der Waals surface area contributed by atoms with Crippen LogP contribution in [0.25, 0.3) is 0 Å². The van der Waals surface area contributed by atoms with E-state index in [0.717, 1.165) is 12.8 Å². The van der Waals surface area contributed by atoms with Crippen molar-refractivity contribution in [3.05, 3.63) is 0 Å². The molecule has 1 heterocycles. The van der Waals surface area contributed by atoms with Crippen molar-refractivity contribution in [2.45, 2.75) is 32.7 Å². The minimum Gasteiger partial charge on any atom is -0.334 e. The van der Waals surface area contributed by atoms with Crippen LogP contribution < -0.4 is 5.32 Å². The lowest BCUT2D eigenvalue weighted by Crippen LogP contribution is -2.45. The first-order valence-corrected chi connectivity index (χ1v) is 5.50. The van der Waals surface area contributed by atoms with Crippen molar-refractivity contribution in [3.63, 3.8) is 0 Å². The number of nitrogens with one attached hydrogen (secondary N) is 1. The normalized spacial score (nSPS) is 27.7. The van der Waals surface area contributed by atoms with Crippen molar-refractivity contribution in [1.29, 1.82) is 0 Å². The van der Waals surface area contributed by atoms with Crippen LogP contribution in [-0.2, 0) is 9.59 Å². The first-order chi connectivity index (χ1) is 7.04. The quantitative estimate of drug-likeness (QED) is 0.737. The van der Waals surface area contributed by atoms with Crippen molar-refractivity contribution < 1.29 is 9.59 Å². The average Bonchev–Trinajstić information content (AvgIpc) is 2.30. The molecule has 0 radical (unpaired) electrons. The number of Topliss-reactive ketones (excluding diaryl/α,β-unsaturated/α-hetero) is 1. The molecule has 15 heavy (non-hydrogen) atoms. The molecule has 1 amide bonds. The maximum atomic E-state index is 12.0. The molecule has 0 aromatic rings. The number of likely N-dealkylation sites (N-methyl/N-ethyl adjacent to an activating group) is 1. The number of likely N-dealkylation sites (tertiary alicyclic amines) is 1. The summed E-state index contributed by atoms with van der Waals surface area (Å²) < 4.78 is 0. The zero-order chi connectivity index (χ0) is 11.4. The predicted octanol–water partition coefficient (Wildman–Crippen LogP) is 0.422. The number of carbonyl (C=O) groups excluding carboxylic acids is 2. The van der Waals surface area contributed by atoms with E-state index in [-0.39, 0.29) is 24.3 Å². The van der Waals surface area contributed by atoms with Gasteiger partial charge in [-0.05, 0) is 32.7 Å². The van der Waals surface area contributed by atoms with Gasteiger partial charge in [-0.15, -0.1) is 0 Å². The van der Waals surface area contributed by atoms with Gasteiger partial charge in [-0.3, -0.25) is 9.59 Å². The molecule has 0 spiro atoms. The predicted molar refractivity (Wildman–Crippen MR) is 58.5 cm³/mol. The Bertz CT molecular complexity index is 253. The van der Waals surface area contributed by atoms with Crippen molar-refractivity contribution >= 4 is 11.7 Å². The van der Waals surface area contributed by atoms with Crippen LogP contribution in [-0.4, -0.2) is 42.8 Å². The first-order valence-electron chi connectivity index (χ1n) is 5.50. The Morgan fingerprint density at radius 1 is 1.60 bits per heavy atom. The fourth-order valence-electron chi connectivity index (χ4n) is 1.99. The number of nitrogens with zero attached hydrogens (tertiary/aromatic N) is 1. The summed E-state index contributed by atoms with van der Waals surface area (Å²) in [6.45, 7) is 4.63. The Balaban J connectivity index is 2.70. The molecule has 2 unspecified atom stereocenters. The molecule has 1 aliphatic rings. The van der Waals surface area contributed by atoms with Gasteiger partial charge in [0.2, 0.25) is 5.91 Å². The molecule has 4 nitrogen and oxygen atoms in total. The van der Waals surface area contributed by atoms with Crippen molar-refractivity contribution in [2.75, 3.05) is 20.1 Å². The second-order valence-corrected chi connectivity index (χ2v) is 4.43. The highest BCUT2D eigenvalue weighted by molar-refractivity contribution is 5.87. The molecular weight excluding hydrogens is 192 g/mol. The minimum absolute atomic E-state index is 0.0488. The molecule has 86 valence electrons. The van der Waals surface area contributed by atoms with E-state index in [4.69, 9.17) is 0 Å². The molecule has 0 aromatic carbocycles. The van der Waals surface area contributed by atoms with Crippen LogP contribution in [0.3, 0.4) is 0 Å². The van der Waals surface area contributed by atoms with Crippen LogP contribution in [0.1, 0.15) is 26.7 Å². The summed E-state index contributed by atoms with van der Waals surface area (Å²) in [6.07, 6.45) is 1.85. The van der Waals surface area contributed by atoms with Crippen LogP contribution in [0.4, 0.5) is 0 Å². The molecule has 4 heteroatoms. The van der Waals surface area contributed by atoms with Gasteiger partial charge < -0.3 is 10.2 Å². The van der Waals surface area contributed by atoms with E-state index in [1.54, 1.807) is 11.9 Å². The van der Waals surface area contributed by atoms with Crippen LogP contribution in [0.15, 0.2) is 0 Å². The zero-order valence-electron chi connectivity index (χ0n) is 9.75. The van der Waals surface area contributed by atoms with Gasteiger partial charge in [0, 0.05) is 6.54 Å². The van der Waals surface area contributed by atoms with E-state index in [9.17, 15) is 9.59 Å². The molecule has 1 rings (SSSR count). The number of carbonyl (C=O) groups is 2. The van der Waals surface area contributed by atoms with E-state index in [1.165, 1.54) is 6.92 Å². The summed E-state index contributed by atoms with van der Waals surface area (Å²) in [7, 11) is 1.80. The summed E-state index contributed by atoms with van der Waals surface area (Å²) in [5.41, 5.74) is 0. The van der Waals surface area contributed by atoms with Gasteiger partial charge in [0.1, 0.15) is 5.78 Å². The highest BCUT2D eigenvalue weighted by Gasteiger charge is 2.28. The van der Waals surface area contributed by atoms with Gasteiger partial charge in [-0.2, -0.15) is 0 Å². The Morgan fingerprint density at radius 3 is 2.80 bits per heavy atom. The number of amides is 1. The van der Waals surface area contributed by atoms with E-state index < -0.39 is 0 Å². The molecule has 1 saturated heterocycles. The zero-order valence-corrected chi connectivity index (χ0v) is 9.75. The maximum Gasteiger partial charge on any atom is 0.240 e. The molecule has 0 bridgehead atoms. The van der Waals surface area contributed by atoms with E-state index in [0.29, 0.717) is 12.5 Å². The largest absolute Gasteiger partial charge is 0.334 e.